The highest BCUT2D eigenvalue weighted by Gasteiger charge is 2.33. The largest absolute Gasteiger partial charge is 0.351 e. The molecule has 7 nitrogen and oxygen atoms in total. The smallest absolute Gasteiger partial charge is 0.262 e. The number of nitrogens with one attached hydrogen (secondary N) is 2. The van der Waals surface area contributed by atoms with Gasteiger partial charge >= 0.3 is 0 Å². The molecule has 1 unspecified atom stereocenters. The number of amides is 3. The van der Waals surface area contributed by atoms with Gasteiger partial charge < -0.3 is 15.5 Å². The molecule has 2 aromatic carbocycles. The highest BCUT2D eigenvalue weighted by atomic mass is 32.2. The fraction of sp³-hybridized carbons (Fsp3) is 0.333. The summed E-state index contributed by atoms with van der Waals surface area (Å²) >= 11 is 1.38. The molecular weight excluding hydrogens is 424 g/mol. The predicted molar refractivity (Wildman–Crippen MR) is 127 cm³/mol. The highest BCUT2D eigenvalue weighted by Crippen LogP contribution is 2.29. The number of aryl methyl sites for hydroxylation is 1. The first kappa shape index (κ1) is 22.1. The van der Waals surface area contributed by atoms with Gasteiger partial charge in [0.15, 0.2) is 5.17 Å². The van der Waals surface area contributed by atoms with Crippen LogP contribution in [0, 0.1) is 6.92 Å². The lowest BCUT2D eigenvalue weighted by atomic mass is 10.1. The summed E-state index contributed by atoms with van der Waals surface area (Å²) in [5, 5.41) is 5.96. The van der Waals surface area contributed by atoms with E-state index in [9.17, 15) is 14.4 Å². The summed E-state index contributed by atoms with van der Waals surface area (Å²) in [5.41, 5.74) is 3.30. The minimum Gasteiger partial charge on any atom is -0.351 e. The Hall–Kier alpha value is -3.13. The second-order valence-electron chi connectivity index (χ2n) is 8.03. The van der Waals surface area contributed by atoms with Crippen LogP contribution < -0.4 is 10.6 Å². The van der Waals surface area contributed by atoms with E-state index in [-0.39, 0.29) is 24.1 Å². The summed E-state index contributed by atoms with van der Waals surface area (Å²) in [6, 6.07) is 14.7. The molecule has 1 saturated heterocycles. The van der Waals surface area contributed by atoms with Crippen LogP contribution in [-0.4, -0.2) is 46.1 Å². The van der Waals surface area contributed by atoms with Gasteiger partial charge in [0.25, 0.3) is 11.8 Å². The zero-order valence-corrected chi connectivity index (χ0v) is 18.8. The van der Waals surface area contributed by atoms with Crippen LogP contribution in [-0.2, 0) is 16.1 Å². The van der Waals surface area contributed by atoms with Crippen molar-refractivity contribution in [3.63, 3.8) is 0 Å². The number of benzene rings is 2. The summed E-state index contributed by atoms with van der Waals surface area (Å²) in [6.07, 6.45) is 2.29. The Morgan fingerprint density at radius 1 is 1.06 bits per heavy atom. The maximum Gasteiger partial charge on any atom is 0.262 e. The van der Waals surface area contributed by atoms with Gasteiger partial charge in [-0.05, 0) is 49.6 Å². The maximum absolute atomic E-state index is 12.4. The minimum atomic E-state index is -0.475. The van der Waals surface area contributed by atoms with E-state index in [0.717, 1.165) is 36.7 Å². The number of hydrogen-bond acceptors (Lipinski definition) is 5. The zero-order valence-electron chi connectivity index (χ0n) is 18.0. The molecular formula is C24H26N4O3S. The summed E-state index contributed by atoms with van der Waals surface area (Å²) < 4.78 is 0. The molecule has 0 aromatic heterocycles. The number of aliphatic imine (C=N–C) groups is 1. The lowest BCUT2D eigenvalue weighted by Gasteiger charge is -2.16. The molecule has 0 saturated carbocycles. The summed E-state index contributed by atoms with van der Waals surface area (Å²) in [5.74, 6) is -0.666. The molecule has 2 aliphatic heterocycles. The van der Waals surface area contributed by atoms with Gasteiger partial charge in [-0.25, -0.2) is 0 Å². The van der Waals surface area contributed by atoms with Crippen LogP contribution in [0.15, 0.2) is 53.5 Å². The Kier molecular flexibility index (Phi) is 6.90. The molecule has 1 fully saturated rings. The van der Waals surface area contributed by atoms with E-state index >= 15 is 0 Å². The number of thioether (sulfide) groups is 1. The molecule has 2 aromatic rings. The fourth-order valence-electron chi connectivity index (χ4n) is 3.63. The fourth-order valence-corrected chi connectivity index (χ4v) is 4.75. The number of carbonyl (C=O) groups excluding carboxylic acids is 3. The molecule has 32 heavy (non-hydrogen) atoms. The molecule has 0 bridgehead atoms. The molecule has 2 aliphatic rings. The lowest BCUT2D eigenvalue weighted by Crippen LogP contribution is -2.25. The van der Waals surface area contributed by atoms with Crippen LogP contribution >= 0.6 is 11.8 Å². The van der Waals surface area contributed by atoms with Gasteiger partial charge in [0.2, 0.25) is 5.91 Å². The number of amidine groups is 1. The molecule has 2 N–H and O–H groups in total. The van der Waals surface area contributed by atoms with Gasteiger partial charge in [0, 0.05) is 37.3 Å². The van der Waals surface area contributed by atoms with Crippen LogP contribution in [0.3, 0.4) is 0 Å². The number of nitrogens with zero attached hydrogens (tertiary/aromatic N) is 2. The van der Waals surface area contributed by atoms with Crippen LogP contribution in [0.1, 0.15) is 40.7 Å². The zero-order chi connectivity index (χ0) is 22.5. The number of likely N-dealkylation sites (tertiary alicyclic amines) is 1. The van der Waals surface area contributed by atoms with E-state index in [4.69, 9.17) is 0 Å². The topological polar surface area (TPSA) is 90.9 Å². The average molecular weight is 451 g/mol. The van der Waals surface area contributed by atoms with Gasteiger partial charge in [0.1, 0.15) is 5.25 Å². The molecule has 4 rings (SSSR count). The van der Waals surface area contributed by atoms with Crippen molar-refractivity contribution in [2.75, 3.05) is 18.4 Å². The van der Waals surface area contributed by atoms with Crippen molar-refractivity contribution in [2.45, 2.75) is 38.0 Å². The summed E-state index contributed by atoms with van der Waals surface area (Å²) in [6.45, 7) is 4.31. The van der Waals surface area contributed by atoms with Gasteiger partial charge in [-0.15, -0.1) is 0 Å². The van der Waals surface area contributed by atoms with E-state index in [1.54, 1.807) is 24.3 Å². The first-order valence-corrected chi connectivity index (χ1v) is 11.6. The van der Waals surface area contributed by atoms with E-state index in [1.807, 2.05) is 31.2 Å². The molecule has 8 heteroatoms. The molecule has 0 radical (unpaired) electrons. The third-order valence-electron chi connectivity index (χ3n) is 5.48. The van der Waals surface area contributed by atoms with Crippen molar-refractivity contribution in [3.05, 3.63) is 65.2 Å². The lowest BCUT2D eigenvalue weighted by molar-refractivity contribution is -0.121. The Morgan fingerprint density at radius 3 is 2.44 bits per heavy atom. The quantitative estimate of drug-likeness (QED) is 0.704. The minimum absolute atomic E-state index is 0.0725. The monoisotopic (exact) mass is 450 g/mol. The first-order valence-electron chi connectivity index (χ1n) is 10.8. The van der Waals surface area contributed by atoms with Crippen LogP contribution in [0.2, 0.25) is 0 Å². The molecule has 0 spiro atoms. The predicted octanol–water partition coefficient (Wildman–Crippen LogP) is 3.35. The van der Waals surface area contributed by atoms with E-state index in [1.165, 1.54) is 17.3 Å². The molecule has 0 aliphatic carbocycles. The van der Waals surface area contributed by atoms with Crippen LogP contribution in [0.5, 0.6) is 0 Å². The average Bonchev–Trinajstić information content (AvgIpc) is 3.44. The Balaban J connectivity index is 1.25. The molecule has 1 atom stereocenters. The van der Waals surface area contributed by atoms with Crippen molar-refractivity contribution in [1.82, 2.24) is 10.2 Å². The maximum atomic E-state index is 12.4. The highest BCUT2D eigenvalue weighted by molar-refractivity contribution is 8.15. The van der Waals surface area contributed by atoms with Crippen molar-refractivity contribution < 1.29 is 14.4 Å². The third kappa shape index (κ3) is 5.56. The first-order chi connectivity index (χ1) is 15.5. The third-order valence-corrected chi connectivity index (χ3v) is 6.69. The van der Waals surface area contributed by atoms with E-state index in [2.05, 4.69) is 20.5 Å². The Labute approximate surface area is 191 Å². The number of rotatable bonds is 6. The van der Waals surface area contributed by atoms with Crippen molar-refractivity contribution >= 4 is 40.3 Å². The number of anilines is 1. The second-order valence-corrected chi connectivity index (χ2v) is 9.20. The van der Waals surface area contributed by atoms with Crippen LogP contribution in [0.4, 0.5) is 5.69 Å². The van der Waals surface area contributed by atoms with Crippen LogP contribution in [0.25, 0.3) is 0 Å². The van der Waals surface area contributed by atoms with Gasteiger partial charge in [0.05, 0.1) is 0 Å². The SMILES string of the molecule is Cc1ccc(CNC(=O)c2ccc(NC(=O)CC3SC(N4CCCC4)=NC3=O)cc2)cc1. The van der Waals surface area contributed by atoms with E-state index in [0.29, 0.717) is 17.8 Å². The standard InChI is InChI=1S/C24H26N4O3S/c1-16-4-6-17(7-5-16)15-25-22(30)18-8-10-19(11-9-18)26-21(29)14-20-23(31)27-24(32-20)28-12-2-3-13-28/h4-11,20H,2-3,12-15H2,1H3,(H,25,30)(H,26,29). The van der Waals surface area contributed by atoms with E-state index < -0.39 is 5.25 Å². The normalized spacial score (nSPS) is 17.9. The molecule has 166 valence electrons. The number of carbonyl (C=O) groups is 3. The number of hydrogen-bond donors (Lipinski definition) is 2. The summed E-state index contributed by atoms with van der Waals surface area (Å²) in [4.78, 5) is 43.2. The van der Waals surface area contributed by atoms with Gasteiger partial charge in [-0.1, -0.05) is 41.6 Å². The molecule has 3 amide bonds. The second kappa shape index (κ2) is 9.99. The van der Waals surface area contributed by atoms with Gasteiger partial charge in [-0.2, -0.15) is 4.99 Å². The van der Waals surface area contributed by atoms with Crippen molar-refractivity contribution in [2.24, 2.45) is 4.99 Å². The Bertz CT molecular complexity index is 1030. The Morgan fingerprint density at radius 2 is 1.75 bits per heavy atom. The van der Waals surface area contributed by atoms with Gasteiger partial charge in [-0.3, -0.25) is 14.4 Å². The summed E-state index contributed by atoms with van der Waals surface area (Å²) in [7, 11) is 0. The van der Waals surface area contributed by atoms with Crippen molar-refractivity contribution in [1.29, 1.82) is 0 Å². The van der Waals surface area contributed by atoms with Crippen molar-refractivity contribution in [3.8, 4) is 0 Å². The molecule has 2 heterocycles.